The van der Waals surface area contributed by atoms with E-state index in [1.54, 1.807) is 6.08 Å². The first-order chi connectivity index (χ1) is 7.72. The summed E-state index contributed by atoms with van der Waals surface area (Å²) in [6.07, 6.45) is 1.68. The van der Waals surface area contributed by atoms with Crippen molar-refractivity contribution in [1.82, 2.24) is 0 Å². The van der Waals surface area contributed by atoms with Crippen molar-refractivity contribution in [3.05, 3.63) is 60.4 Å². The van der Waals surface area contributed by atoms with Crippen LogP contribution < -0.4 is 0 Å². The minimum Gasteiger partial charge on any atom is -0.507 e. The van der Waals surface area contributed by atoms with Gasteiger partial charge in [-0.2, -0.15) is 0 Å². The molecule has 2 rings (SSSR count). The fourth-order valence-corrected chi connectivity index (χ4v) is 1.64. The van der Waals surface area contributed by atoms with E-state index in [4.69, 9.17) is 0 Å². The normalized spacial score (nSPS) is 10.1. The molecule has 0 unspecified atom stereocenters. The lowest BCUT2D eigenvalue weighted by Crippen LogP contribution is -1.85. The molecule has 16 heavy (non-hydrogen) atoms. The van der Waals surface area contributed by atoms with E-state index < -0.39 is 0 Å². The largest absolute Gasteiger partial charge is 0.507 e. The molecule has 0 aliphatic carbocycles. The average molecular weight is 214 g/mol. The quantitative estimate of drug-likeness (QED) is 0.805. The molecule has 2 heteroatoms. The second kappa shape index (κ2) is 4.19. The van der Waals surface area contributed by atoms with Gasteiger partial charge in [-0.05, 0) is 29.3 Å². The molecule has 1 nitrogen and oxygen atoms in total. The highest BCUT2D eigenvalue weighted by atomic mass is 19.1. The Morgan fingerprint density at radius 3 is 2.56 bits per heavy atom. The van der Waals surface area contributed by atoms with Crippen LogP contribution in [0.15, 0.2) is 49.0 Å². The van der Waals surface area contributed by atoms with Gasteiger partial charge in [-0.1, -0.05) is 36.9 Å². The second-order valence-electron chi connectivity index (χ2n) is 3.45. The van der Waals surface area contributed by atoms with Crippen molar-refractivity contribution in [3.63, 3.8) is 0 Å². The van der Waals surface area contributed by atoms with E-state index in [1.165, 1.54) is 18.2 Å². The molecule has 0 heterocycles. The molecule has 80 valence electrons. The molecule has 0 radical (unpaired) electrons. The molecule has 2 aromatic rings. The number of hydrogen-bond donors (Lipinski definition) is 1. The Bertz CT molecular complexity index is 532. The second-order valence-corrected chi connectivity index (χ2v) is 3.45. The van der Waals surface area contributed by atoms with Crippen LogP contribution >= 0.6 is 0 Å². The summed E-state index contributed by atoms with van der Waals surface area (Å²) in [6, 6.07) is 11.3. The van der Waals surface area contributed by atoms with Crippen LogP contribution in [0.1, 0.15) is 5.56 Å². The Kier molecular flexibility index (Phi) is 2.73. The van der Waals surface area contributed by atoms with Crippen LogP contribution in [0.2, 0.25) is 0 Å². The van der Waals surface area contributed by atoms with Crippen LogP contribution in [0.25, 0.3) is 17.2 Å². The molecule has 0 aliphatic rings. The third-order valence-electron chi connectivity index (χ3n) is 2.43. The van der Waals surface area contributed by atoms with E-state index in [-0.39, 0.29) is 11.6 Å². The summed E-state index contributed by atoms with van der Waals surface area (Å²) in [6.45, 7) is 3.69. The maximum Gasteiger partial charge on any atom is 0.124 e. The van der Waals surface area contributed by atoms with Crippen molar-refractivity contribution in [1.29, 1.82) is 0 Å². The molecule has 0 aliphatic heterocycles. The lowest BCUT2D eigenvalue weighted by Gasteiger charge is -2.08. The number of halogens is 1. The summed E-state index contributed by atoms with van der Waals surface area (Å²) in [5.41, 5.74) is 2.12. The summed E-state index contributed by atoms with van der Waals surface area (Å²) >= 11 is 0. The smallest absolute Gasteiger partial charge is 0.124 e. The number of aromatic hydroxyl groups is 1. The lowest BCUT2D eigenvalue weighted by atomic mass is 9.99. The van der Waals surface area contributed by atoms with Crippen LogP contribution in [-0.2, 0) is 0 Å². The van der Waals surface area contributed by atoms with Crippen molar-refractivity contribution in [2.24, 2.45) is 0 Å². The molecule has 0 aromatic heterocycles. The van der Waals surface area contributed by atoms with Crippen LogP contribution in [0.3, 0.4) is 0 Å². The molecular weight excluding hydrogens is 203 g/mol. The van der Waals surface area contributed by atoms with Gasteiger partial charge in [0.05, 0.1) is 0 Å². The van der Waals surface area contributed by atoms with Crippen LogP contribution in [0, 0.1) is 5.82 Å². The summed E-state index contributed by atoms with van der Waals surface area (Å²) in [5, 5.41) is 9.71. The zero-order valence-corrected chi connectivity index (χ0v) is 8.65. The van der Waals surface area contributed by atoms with Crippen molar-refractivity contribution >= 4 is 6.08 Å². The average Bonchev–Trinajstić information content (AvgIpc) is 2.32. The van der Waals surface area contributed by atoms with Crippen molar-refractivity contribution in [2.75, 3.05) is 0 Å². The minimum atomic E-state index is -0.369. The molecule has 0 amide bonds. The third-order valence-corrected chi connectivity index (χ3v) is 2.43. The van der Waals surface area contributed by atoms with Crippen LogP contribution in [0.4, 0.5) is 4.39 Å². The monoisotopic (exact) mass is 214 g/mol. The van der Waals surface area contributed by atoms with Gasteiger partial charge in [0.1, 0.15) is 11.6 Å². The summed E-state index contributed by atoms with van der Waals surface area (Å²) in [5.74, 6) is -0.303. The van der Waals surface area contributed by atoms with E-state index in [0.717, 1.165) is 11.1 Å². The summed E-state index contributed by atoms with van der Waals surface area (Å²) in [4.78, 5) is 0. The number of phenols is 1. The van der Waals surface area contributed by atoms with E-state index in [9.17, 15) is 9.50 Å². The molecule has 0 saturated carbocycles. The predicted octanol–water partition coefficient (Wildman–Crippen LogP) is 3.84. The third kappa shape index (κ3) is 1.82. The molecule has 0 fully saturated rings. The van der Waals surface area contributed by atoms with Gasteiger partial charge in [-0.15, -0.1) is 0 Å². The molecule has 0 saturated heterocycles. The number of phenolic OH excluding ortho intramolecular Hbond substituents is 1. The first-order valence-corrected chi connectivity index (χ1v) is 4.92. The van der Waals surface area contributed by atoms with Crippen molar-refractivity contribution < 1.29 is 9.50 Å². The Morgan fingerprint density at radius 2 is 1.81 bits per heavy atom. The molecular formula is C14H11FO. The zero-order valence-electron chi connectivity index (χ0n) is 8.65. The Balaban J connectivity index is 2.66. The van der Waals surface area contributed by atoms with E-state index in [1.807, 2.05) is 24.3 Å². The van der Waals surface area contributed by atoms with Gasteiger partial charge in [-0.25, -0.2) is 4.39 Å². The standard InChI is InChI=1S/C14H11FO/c1-2-10-5-3-4-6-12(10)13-9-11(15)7-8-14(13)16/h2-9,16H,1H2. The highest BCUT2D eigenvalue weighted by molar-refractivity contribution is 5.78. The number of benzene rings is 2. The fraction of sp³-hybridized carbons (Fsp3) is 0. The van der Waals surface area contributed by atoms with Gasteiger partial charge in [0, 0.05) is 5.56 Å². The van der Waals surface area contributed by atoms with Crippen LogP contribution in [-0.4, -0.2) is 5.11 Å². The molecule has 0 atom stereocenters. The summed E-state index contributed by atoms with van der Waals surface area (Å²) < 4.78 is 13.1. The van der Waals surface area contributed by atoms with Gasteiger partial charge in [0.25, 0.3) is 0 Å². The predicted molar refractivity (Wildman–Crippen MR) is 63.6 cm³/mol. The molecule has 0 spiro atoms. The van der Waals surface area contributed by atoms with E-state index in [2.05, 4.69) is 6.58 Å². The highest BCUT2D eigenvalue weighted by Crippen LogP contribution is 2.32. The Morgan fingerprint density at radius 1 is 1.06 bits per heavy atom. The van der Waals surface area contributed by atoms with Gasteiger partial charge >= 0.3 is 0 Å². The van der Waals surface area contributed by atoms with Gasteiger partial charge in [-0.3, -0.25) is 0 Å². The maximum absolute atomic E-state index is 13.1. The van der Waals surface area contributed by atoms with Crippen molar-refractivity contribution in [2.45, 2.75) is 0 Å². The lowest BCUT2D eigenvalue weighted by molar-refractivity contribution is 0.475. The highest BCUT2D eigenvalue weighted by Gasteiger charge is 2.08. The van der Waals surface area contributed by atoms with Gasteiger partial charge in [0.2, 0.25) is 0 Å². The SMILES string of the molecule is C=Cc1ccccc1-c1cc(F)ccc1O. The first kappa shape index (κ1) is 10.4. The first-order valence-electron chi connectivity index (χ1n) is 4.92. The minimum absolute atomic E-state index is 0.0655. The molecule has 1 N–H and O–H groups in total. The topological polar surface area (TPSA) is 20.2 Å². The van der Waals surface area contributed by atoms with Crippen molar-refractivity contribution in [3.8, 4) is 16.9 Å². The zero-order chi connectivity index (χ0) is 11.5. The van der Waals surface area contributed by atoms with Gasteiger partial charge < -0.3 is 5.11 Å². The fourth-order valence-electron chi connectivity index (χ4n) is 1.64. The Labute approximate surface area is 93.5 Å². The van der Waals surface area contributed by atoms with Crippen LogP contribution in [0.5, 0.6) is 5.75 Å². The van der Waals surface area contributed by atoms with E-state index in [0.29, 0.717) is 5.56 Å². The maximum atomic E-state index is 13.1. The Hall–Kier alpha value is -2.09. The van der Waals surface area contributed by atoms with Gasteiger partial charge in [0.15, 0.2) is 0 Å². The summed E-state index contributed by atoms with van der Waals surface area (Å²) in [7, 11) is 0. The number of hydrogen-bond acceptors (Lipinski definition) is 1. The molecule has 2 aromatic carbocycles. The molecule has 0 bridgehead atoms. The van der Waals surface area contributed by atoms with E-state index >= 15 is 0 Å². The number of rotatable bonds is 2.